The maximum Gasteiger partial charge on any atom is 0.434 e. The van der Waals surface area contributed by atoms with Gasteiger partial charge in [-0.05, 0) is 54.5 Å². The summed E-state index contributed by atoms with van der Waals surface area (Å²) in [5.41, 5.74) is -3.62. The average molecular weight is 675 g/mol. The zero-order valence-corrected chi connectivity index (χ0v) is 24.8. The van der Waals surface area contributed by atoms with Crippen molar-refractivity contribution in [3.63, 3.8) is 0 Å². The first kappa shape index (κ1) is 32.1. The number of non-ortho nitro benzene ring substituents is 1. The summed E-state index contributed by atoms with van der Waals surface area (Å²) in [6.07, 6.45) is -3.67. The van der Waals surface area contributed by atoms with Crippen molar-refractivity contribution < 1.29 is 37.3 Å². The number of carbonyl (C=O) groups is 1. The quantitative estimate of drug-likeness (QED) is 0.133. The number of rotatable bonds is 8. The van der Waals surface area contributed by atoms with Gasteiger partial charge in [0.2, 0.25) is 5.75 Å². The SMILES string of the molecule is CCOC(=O)C1=C(C(F)(F)F)N=c2s/c(=C\c3ccc(Oc4ccc([N+](=O)[O-])cc4[N+](=O)[O-])cc3)c(=O)n2[C@@H]1c1ccc(Cl)cc1. The second-order valence-electron chi connectivity index (χ2n) is 9.45. The highest BCUT2D eigenvalue weighted by molar-refractivity contribution is 7.07. The standard InChI is InChI=1S/C29H18ClF3N4O8S/c1-2-44-27(39)23-24(16-5-7-17(30)8-6-16)35-26(38)22(46-28(35)34-25(23)29(31,32)33)13-15-3-10-19(11-4-15)45-21-12-9-18(36(40)41)14-20(21)37(42)43/h3-14,24H,2H2,1H3/b22-13-/t24-/m1/s1. The zero-order chi connectivity index (χ0) is 33.3. The Labute approximate surface area is 264 Å². The number of nitro benzene ring substituents is 2. The van der Waals surface area contributed by atoms with E-state index in [4.69, 9.17) is 21.1 Å². The number of benzene rings is 3. The summed E-state index contributed by atoms with van der Waals surface area (Å²) in [4.78, 5) is 50.8. The van der Waals surface area contributed by atoms with Crippen molar-refractivity contribution in [2.24, 2.45) is 4.99 Å². The smallest absolute Gasteiger partial charge is 0.434 e. The van der Waals surface area contributed by atoms with E-state index in [9.17, 15) is 43.0 Å². The molecule has 5 rings (SSSR count). The molecule has 0 radical (unpaired) electrons. The molecule has 46 heavy (non-hydrogen) atoms. The van der Waals surface area contributed by atoms with Gasteiger partial charge in [0.1, 0.15) is 5.75 Å². The highest BCUT2D eigenvalue weighted by atomic mass is 35.5. The van der Waals surface area contributed by atoms with E-state index in [1.807, 2.05) is 0 Å². The molecule has 4 aromatic rings. The number of carbonyl (C=O) groups excluding carboxylic acids is 1. The monoisotopic (exact) mass is 674 g/mol. The molecule has 0 unspecified atom stereocenters. The van der Waals surface area contributed by atoms with Gasteiger partial charge in [0.05, 0.1) is 38.7 Å². The van der Waals surface area contributed by atoms with E-state index in [1.54, 1.807) is 0 Å². The zero-order valence-electron chi connectivity index (χ0n) is 23.2. The van der Waals surface area contributed by atoms with Gasteiger partial charge in [-0.2, -0.15) is 13.2 Å². The van der Waals surface area contributed by atoms with Crippen LogP contribution in [0.1, 0.15) is 24.1 Å². The molecule has 0 N–H and O–H groups in total. The molecule has 0 bridgehead atoms. The molecule has 0 saturated heterocycles. The molecule has 1 aromatic heterocycles. The summed E-state index contributed by atoms with van der Waals surface area (Å²) >= 11 is 6.66. The number of allylic oxidation sites excluding steroid dienone is 1. The van der Waals surface area contributed by atoms with Crippen LogP contribution in [-0.4, -0.2) is 33.2 Å². The van der Waals surface area contributed by atoms with E-state index in [-0.39, 0.29) is 38.0 Å². The molecular formula is C29H18ClF3N4O8S. The van der Waals surface area contributed by atoms with Crippen molar-refractivity contribution in [3.8, 4) is 11.5 Å². The van der Waals surface area contributed by atoms with Gasteiger partial charge in [-0.25, -0.2) is 9.79 Å². The molecular weight excluding hydrogens is 657 g/mol. The fourth-order valence-corrected chi connectivity index (χ4v) is 5.69. The number of nitro groups is 2. The normalized spacial score (nSPS) is 14.8. The van der Waals surface area contributed by atoms with Gasteiger partial charge in [0.15, 0.2) is 10.5 Å². The Morgan fingerprint density at radius 3 is 2.33 bits per heavy atom. The Morgan fingerprint density at radius 1 is 1.07 bits per heavy atom. The number of esters is 1. The van der Waals surface area contributed by atoms with Gasteiger partial charge < -0.3 is 9.47 Å². The van der Waals surface area contributed by atoms with E-state index in [1.165, 1.54) is 61.5 Å². The highest BCUT2D eigenvalue weighted by Gasteiger charge is 2.45. The van der Waals surface area contributed by atoms with Crippen LogP contribution in [-0.2, 0) is 9.53 Å². The first-order valence-corrected chi connectivity index (χ1v) is 14.2. The van der Waals surface area contributed by atoms with Crippen molar-refractivity contribution in [1.29, 1.82) is 0 Å². The van der Waals surface area contributed by atoms with Gasteiger partial charge in [-0.15, -0.1) is 0 Å². The number of alkyl halides is 3. The van der Waals surface area contributed by atoms with Crippen molar-refractivity contribution in [1.82, 2.24) is 4.57 Å². The largest absolute Gasteiger partial charge is 0.463 e. The number of thiazole rings is 1. The molecule has 1 atom stereocenters. The number of ether oxygens (including phenoxy) is 2. The average Bonchev–Trinajstić information content (AvgIpc) is 3.31. The van der Waals surface area contributed by atoms with E-state index in [2.05, 4.69) is 4.99 Å². The summed E-state index contributed by atoms with van der Waals surface area (Å²) in [5.74, 6) is -1.42. The van der Waals surface area contributed by atoms with E-state index < -0.39 is 56.2 Å². The van der Waals surface area contributed by atoms with E-state index in [0.717, 1.165) is 22.8 Å². The lowest BCUT2D eigenvalue weighted by Crippen LogP contribution is -2.41. The number of hydrogen-bond acceptors (Lipinski definition) is 10. The van der Waals surface area contributed by atoms with Gasteiger partial charge in [-0.1, -0.05) is 47.2 Å². The minimum Gasteiger partial charge on any atom is -0.463 e. The molecule has 2 heterocycles. The maximum absolute atomic E-state index is 14.3. The number of halogens is 4. The topological polar surface area (TPSA) is 156 Å². The third-order valence-electron chi connectivity index (χ3n) is 6.54. The predicted octanol–water partition coefficient (Wildman–Crippen LogP) is 5.60. The van der Waals surface area contributed by atoms with Crippen LogP contribution in [0.15, 0.2) is 87.8 Å². The lowest BCUT2D eigenvalue weighted by molar-refractivity contribution is -0.394. The summed E-state index contributed by atoms with van der Waals surface area (Å²) < 4.78 is 54.3. The Hall–Kier alpha value is -5.35. The molecule has 0 fully saturated rings. The molecule has 0 aliphatic carbocycles. The van der Waals surface area contributed by atoms with Gasteiger partial charge >= 0.3 is 17.8 Å². The minimum atomic E-state index is -5.06. The first-order chi connectivity index (χ1) is 21.8. The molecule has 3 aromatic carbocycles. The summed E-state index contributed by atoms with van der Waals surface area (Å²) in [6, 6.07) is 12.8. The molecule has 1 aliphatic heterocycles. The second kappa shape index (κ2) is 12.6. The number of nitrogens with zero attached hydrogens (tertiary/aromatic N) is 4. The van der Waals surface area contributed by atoms with Gasteiger partial charge in [0.25, 0.3) is 11.2 Å². The van der Waals surface area contributed by atoms with Crippen LogP contribution in [0.25, 0.3) is 6.08 Å². The molecule has 17 heteroatoms. The Balaban J connectivity index is 1.58. The molecule has 236 valence electrons. The summed E-state index contributed by atoms with van der Waals surface area (Å²) in [6.45, 7) is 1.21. The van der Waals surface area contributed by atoms with Crippen LogP contribution in [0.2, 0.25) is 5.02 Å². The summed E-state index contributed by atoms with van der Waals surface area (Å²) in [5, 5.41) is 22.7. The number of aromatic nitrogens is 1. The molecule has 0 amide bonds. The fourth-order valence-electron chi connectivity index (χ4n) is 4.56. The van der Waals surface area contributed by atoms with Crippen LogP contribution < -0.4 is 19.6 Å². The van der Waals surface area contributed by atoms with Gasteiger partial charge in [0, 0.05) is 11.1 Å². The highest BCUT2D eigenvalue weighted by Crippen LogP contribution is 2.39. The van der Waals surface area contributed by atoms with Crippen LogP contribution in [0, 0.1) is 20.2 Å². The Bertz CT molecular complexity index is 2090. The lowest BCUT2D eigenvalue weighted by Gasteiger charge is -2.26. The van der Waals surface area contributed by atoms with Crippen LogP contribution >= 0.6 is 22.9 Å². The Kier molecular flexibility index (Phi) is 8.76. The minimum absolute atomic E-state index is 0.0102. The molecule has 1 aliphatic rings. The maximum atomic E-state index is 14.3. The third-order valence-corrected chi connectivity index (χ3v) is 7.77. The van der Waals surface area contributed by atoms with Crippen molar-refractivity contribution in [2.45, 2.75) is 19.1 Å². The number of hydrogen-bond donors (Lipinski definition) is 0. The number of fused-ring (bicyclic) bond motifs is 1. The van der Waals surface area contributed by atoms with E-state index in [0.29, 0.717) is 16.9 Å². The summed E-state index contributed by atoms with van der Waals surface area (Å²) in [7, 11) is 0. The lowest BCUT2D eigenvalue weighted by atomic mass is 9.95. The third kappa shape index (κ3) is 6.38. The molecule has 0 spiro atoms. The van der Waals surface area contributed by atoms with Crippen molar-refractivity contribution in [3.05, 3.63) is 134 Å². The molecule has 0 saturated carbocycles. The Morgan fingerprint density at radius 2 is 1.74 bits per heavy atom. The predicted molar refractivity (Wildman–Crippen MR) is 158 cm³/mol. The molecule has 12 nitrogen and oxygen atoms in total. The van der Waals surface area contributed by atoms with Crippen molar-refractivity contribution >= 4 is 46.4 Å². The van der Waals surface area contributed by atoms with Crippen LogP contribution in [0.4, 0.5) is 24.5 Å². The van der Waals surface area contributed by atoms with E-state index >= 15 is 0 Å². The first-order valence-electron chi connectivity index (χ1n) is 13.0. The van der Waals surface area contributed by atoms with Crippen LogP contribution in [0.5, 0.6) is 11.5 Å². The van der Waals surface area contributed by atoms with Crippen molar-refractivity contribution in [2.75, 3.05) is 6.61 Å². The fraction of sp³-hybridized carbons (Fsp3) is 0.138. The van der Waals surface area contributed by atoms with Crippen LogP contribution in [0.3, 0.4) is 0 Å². The second-order valence-corrected chi connectivity index (χ2v) is 10.9. The van der Waals surface area contributed by atoms with Gasteiger partial charge in [-0.3, -0.25) is 29.6 Å².